The Morgan fingerprint density at radius 2 is 2.26 bits per heavy atom. The number of aryl methyl sites for hydroxylation is 1. The molecule has 1 atom stereocenters. The van der Waals surface area contributed by atoms with Crippen molar-refractivity contribution < 1.29 is 8.42 Å². The molecule has 1 aromatic heterocycles. The number of rotatable bonds is 5. The fourth-order valence-corrected chi connectivity index (χ4v) is 4.50. The van der Waals surface area contributed by atoms with E-state index < -0.39 is 10.0 Å². The standard InChI is InChI=1S/C12H20N4O2S/c1-15-12(6-8-14-15)19(17,18)16(11-4-5-11)9-10-3-2-7-13-10/h6,8,10-11,13H,2-5,7,9H2,1H3. The minimum absolute atomic E-state index is 0.183. The Bertz CT molecular complexity index is 544. The molecule has 2 aliphatic rings. The Hall–Kier alpha value is -0.920. The molecule has 1 aliphatic heterocycles. The van der Waals surface area contributed by atoms with Gasteiger partial charge >= 0.3 is 0 Å². The van der Waals surface area contributed by atoms with Crippen molar-refractivity contribution in [2.75, 3.05) is 13.1 Å². The Morgan fingerprint density at radius 1 is 1.47 bits per heavy atom. The van der Waals surface area contributed by atoms with Crippen molar-refractivity contribution in [2.45, 2.75) is 42.8 Å². The summed E-state index contributed by atoms with van der Waals surface area (Å²) in [6.45, 7) is 1.58. The topological polar surface area (TPSA) is 67.2 Å². The summed E-state index contributed by atoms with van der Waals surface area (Å²) in [7, 11) is -1.75. The van der Waals surface area contributed by atoms with Gasteiger partial charge in [-0.1, -0.05) is 0 Å². The summed E-state index contributed by atoms with van der Waals surface area (Å²) >= 11 is 0. The Morgan fingerprint density at radius 3 is 2.79 bits per heavy atom. The first-order valence-electron chi connectivity index (χ1n) is 6.82. The van der Waals surface area contributed by atoms with Gasteiger partial charge in [-0.3, -0.25) is 4.68 Å². The molecule has 106 valence electrons. The molecule has 0 amide bonds. The lowest BCUT2D eigenvalue weighted by molar-refractivity contribution is 0.359. The number of hydrogen-bond acceptors (Lipinski definition) is 4. The van der Waals surface area contributed by atoms with E-state index in [-0.39, 0.29) is 11.1 Å². The lowest BCUT2D eigenvalue weighted by Crippen LogP contribution is -2.42. The summed E-state index contributed by atoms with van der Waals surface area (Å²) in [6, 6.07) is 2.05. The fraction of sp³-hybridized carbons (Fsp3) is 0.750. The average molecular weight is 284 g/mol. The van der Waals surface area contributed by atoms with Crippen LogP contribution in [0.25, 0.3) is 0 Å². The van der Waals surface area contributed by atoms with Crippen molar-refractivity contribution in [3.05, 3.63) is 12.3 Å². The normalized spacial score (nSPS) is 24.2. The van der Waals surface area contributed by atoms with E-state index in [0.29, 0.717) is 12.6 Å². The zero-order valence-corrected chi connectivity index (χ0v) is 11.9. The monoisotopic (exact) mass is 284 g/mol. The highest BCUT2D eigenvalue weighted by atomic mass is 32.2. The first-order chi connectivity index (χ1) is 9.09. The predicted molar refractivity (Wildman–Crippen MR) is 71.1 cm³/mol. The third-order valence-corrected chi connectivity index (χ3v) is 5.86. The van der Waals surface area contributed by atoms with Crippen LogP contribution in [-0.2, 0) is 17.1 Å². The molecule has 6 nitrogen and oxygen atoms in total. The molecule has 0 radical (unpaired) electrons. The molecular weight excluding hydrogens is 264 g/mol. The van der Waals surface area contributed by atoms with E-state index in [2.05, 4.69) is 10.4 Å². The van der Waals surface area contributed by atoms with Gasteiger partial charge in [-0.05, 0) is 38.3 Å². The zero-order chi connectivity index (χ0) is 13.5. The van der Waals surface area contributed by atoms with Gasteiger partial charge in [0.15, 0.2) is 5.03 Å². The molecule has 19 heavy (non-hydrogen) atoms. The van der Waals surface area contributed by atoms with Crippen LogP contribution in [0, 0.1) is 0 Å². The van der Waals surface area contributed by atoms with E-state index in [9.17, 15) is 8.42 Å². The quantitative estimate of drug-likeness (QED) is 0.846. The van der Waals surface area contributed by atoms with Crippen molar-refractivity contribution in [3.8, 4) is 0 Å². The maximum Gasteiger partial charge on any atom is 0.260 e. The third kappa shape index (κ3) is 2.54. The average Bonchev–Trinajstić information content (AvgIpc) is 2.88. The number of aromatic nitrogens is 2. The predicted octanol–water partition coefficient (Wildman–Crippen LogP) is 0.325. The number of hydrogen-bond donors (Lipinski definition) is 1. The van der Waals surface area contributed by atoms with Crippen molar-refractivity contribution in [2.24, 2.45) is 7.05 Å². The molecule has 0 spiro atoms. The molecule has 1 saturated carbocycles. The number of sulfonamides is 1. The van der Waals surface area contributed by atoms with Crippen molar-refractivity contribution in [1.82, 2.24) is 19.4 Å². The van der Waals surface area contributed by atoms with Gasteiger partial charge in [0.05, 0.1) is 6.20 Å². The Labute approximate surface area is 113 Å². The van der Waals surface area contributed by atoms with E-state index in [1.54, 1.807) is 17.4 Å². The lowest BCUT2D eigenvalue weighted by Gasteiger charge is -2.24. The maximum absolute atomic E-state index is 12.7. The summed E-state index contributed by atoms with van der Waals surface area (Å²) < 4.78 is 28.6. The summed E-state index contributed by atoms with van der Waals surface area (Å²) in [4.78, 5) is 0. The first kappa shape index (κ1) is 13.1. The van der Waals surface area contributed by atoms with Crippen LogP contribution in [0.3, 0.4) is 0 Å². The molecule has 1 saturated heterocycles. The van der Waals surface area contributed by atoms with Crippen molar-refractivity contribution >= 4 is 10.0 Å². The smallest absolute Gasteiger partial charge is 0.260 e. The second kappa shape index (κ2) is 4.88. The van der Waals surface area contributed by atoms with Gasteiger partial charge in [-0.15, -0.1) is 0 Å². The molecule has 0 bridgehead atoms. The van der Waals surface area contributed by atoms with Gasteiger partial charge in [-0.2, -0.15) is 9.40 Å². The Kier molecular flexibility index (Phi) is 3.36. The minimum atomic E-state index is -3.42. The van der Waals surface area contributed by atoms with Gasteiger partial charge in [0.25, 0.3) is 10.0 Å². The molecule has 2 heterocycles. The first-order valence-corrected chi connectivity index (χ1v) is 8.26. The summed E-state index contributed by atoms with van der Waals surface area (Å²) in [5, 5.41) is 7.63. The lowest BCUT2D eigenvalue weighted by atomic mass is 10.2. The van der Waals surface area contributed by atoms with Gasteiger partial charge in [-0.25, -0.2) is 8.42 Å². The molecule has 1 aromatic rings. The van der Waals surface area contributed by atoms with Crippen LogP contribution < -0.4 is 5.32 Å². The van der Waals surface area contributed by atoms with E-state index in [1.807, 2.05) is 0 Å². The zero-order valence-electron chi connectivity index (χ0n) is 11.1. The summed E-state index contributed by atoms with van der Waals surface area (Å²) in [6.07, 6.45) is 5.68. The molecule has 1 N–H and O–H groups in total. The second-order valence-corrected chi connectivity index (χ2v) is 7.23. The van der Waals surface area contributed by atoms with Crippen LogP contribution in [0.5, 0.6) is 0 Å². The van der Waals surface area contributed by atoms with Crippen LogP contribution in [0.4, 0.5) is 0 Å². The molecule has 2 fully saturated rings. The number of nitrogens with one attached hydrogen (secondary N) is 1. The van der Waals surface area contributed by atoms with Gasteiger partial charge in [0.2, 0.25) is 0 Å². The van der Waals surface area contributed by atoms with Gasteiger partial charge in [0.1, 0.15) is 0 Å². The SMILES string of the molecule is Cn1nccc1S(=O)(=O)N(CC1CCCN1)C1CC1. The molecular formula is C12H20N4O2S. The Balaban J connectivity index is 1.84. The van der Waals surface area contributed by atoms with Crippen LogP contribution in [-0.4, -0.2) is 47.7 Å². The number of nitrogens with zero attached hydrogens (tertiary/aromatic N) is 3. The van der Waals surface area contributed by atoms with Gasteiger partial charge in [0, 0.05) is 25.7 Å². The summed E-state index contributed by atoms with van der Waals surface area (Å²) in [5.74, 6) is 0. The van der Waals surface area contributed by atoms with Gasteiger partial charge < -0.3 is 5.32 Å². The molecule has 0 aromatic carbocycles. The highest BCUT2D eigenvalue weighted by Gasteiger charge is 2.40. The van der Waals surface area contributed by atoms with E-state index in [4.69, 9.17) is 0 Å². The minimum Gasteiger partial charge on any atom is -0.313 e. The molecule has 1 aliphatic carbocycles. The van der Waals surface area contributed by atoms with E-state index >= 15 is 0 Å². The highest BCUT2D eigenvalue weighted by Crippen LogP contribution is 2.32. The maximum atomic E-state index is 12.7. The van der Waals surface area contributed by atoms with Crippen LogP contribution in [0.2, 0.25) is 0 Å². The van der Waals surface area contributed by atoms with Crippen molar-refractivity contribution in [1.29, 1.82) is 0 Å². The van der Waals surface area contributed by atoms with Crippen LogP contribution in [0.15, 0.2) is 17.3 Å². The third-order valence-electron chi connectivity index (χ3n) is 3.87. The van der Waals surface area contributed by atoms with Crippen LogP contribution in [0.1, 0.15) is 25.7 Å². The molecule has 7 heteroatoms. The van der Waals surface area contributed by atoms with E-state index in [1.165, 1.54) is 10.9 Å². The molecule has 1 unspecified atom stereocenters. The van der Waals surface area contributed by atoms with E-state index in [0.717, 1.165) is 32.2 Å². The highest BCUT2D eigenvalue weighted by molar-refractivity contribution is 7.89. The summed E-state index contributed by atoms with van der Waals surface area (Å²) in [5.41, 5.74) is 0. The fourth-order valence-electron chi connectivity index (χ4n) is 2.67. The molecule has 3 rings (SSSR count). The van der Waals surface area contributed by atoms with Crippen LogP contribution >= 0.6 is 0 Å². The largest absolute Gasteiger partial charge is 0.313 e. The van der Waals surface area contributed by atoms with Crippen molar-refractivity contribution in [3.63, 3.8) is 0 Å². The second-order valence-electron chi connectivity index (χ2n) is 5.39.